The van der Waals surface area contributed by atoms with Crippen LogP contribution in [0.15, 0.2) is 88.6 Å². The highest BCUT2D eigenvalue weighted by atomic mass is 32.1. The van der Waals surface area contributed by atoms with E-state index < -0.39 is 11.9 Å². The van der Waals surface area contributed by atoms with Crippen molar-refractivity contribution in [1.82, 2.24) is 5.32 Å². The summed E-state index contributed by atoms with van der Waals surface area (Å²) in [5.74, 6) is 0.509. The molecule has 0 fully saturated rings. The van der Waals surface area contributed by atoms with E-state index in [2.05, 4.69) is 11.4 Å². The minimum absolute atomic E-state index is 0.0527. The Labute approximate surface area is 219 Å². The molecular formula is C30H27NO5S. The number of hydrogen-bond donors (Lipinski definition) is 1. The number of hydrogen-bond acceptors (Lipinski definition) is 7. The number of rotatable bonds is 6. The number of Topliss-reactive ketones (excluding diaryl/α,β-unsaturated/α-hetero) is 1. The molecule has 0 unspecified atom stereocenters. The quantitative estimate of drug-likeness (QED) is 0.431. The van der Waals surface area contributed by atoms with Crippen LogP contribution >= 0.6 is 11.3 Å². The van der Waals surface area contributed by atoms with E-state index in [0.29, 0.717) is 41.2 Å². The summed E-state index contributed by atoms with van der Waals surface area (Å²) in [6.07, 6.45) is 1.75. The first-order valence-corrected chi connectivity index (χ1v) is 13.3. The molecule has 3 heterocycles. The van der Waals surface area contributed by atoms with Crippen LogP contribution in [-0.4, -0.2) is 25.2 Å². The lowest BCUT2D eigenvalue weighted by Gasteiger charge is -2.36. The third-order valence-corrected chi connectivity index (χ3v) is 8.22. The Kier molecular flexibility index (Phi) is 6.30. The molecule has 3 aromatic rings. The molecule has 37 heavy (non-hydrogen) atoms. The molecule has 0 radical (unpaired) electrons. The maximum Gasteiger partial charge on any atom is 0.336 e. The number of fused-ring (bicyclic) bond motifs is 1. The number of carbonyl (C=O) groups excluding carboxylic acids is 2. The number of ketones is 1. The van der Waals surface area contributed by atoms with Gasteiger partial charge >= 0.3 is 5.97 Å². The predicted octanol–water partition coefficient (Wildman–Crippen LogP) is 5.62. The zero-order valence-electron chi connectivity index (χ0n) is 20.5. The average Bonchev–Trinajstić information content (AvgIpc) is 3.60. The van der Waals surface area contributed by atoms with Crippen molar-refractivity contribution in [2.75, 3.05) is 13.4 Å². The van der Waals surface area contributed by atoms with Crippen LogP contribution < -0.4 is 14.8 Å². The number of benzene rings is 2. The van der Waals surface area contributed by atoms with Crippen molar-refractivity contribution in [3.05, 3.63) is 105 Å². The Bertz CT molecular complexity index is 1410. The molecule has 2 aliphatic heterocycles. The molecule has 6 nitrogen and oxygen atoms in total. The third kappa shape index (κ3) is 4.55. The lowest BCUT2D eigenvalue weighted by atomic mass is 9.72. The molecule has 7 heteroatoms. The second kappa shape index (κ2) is 9.90. The minimum Gasteiger partial charge on any atom is -0.462 e. The topological polar surface area (TPSA) is 73.9 Å². The Morgan fingerprint density at radius 2 is 1.89 bits per heavy atom. The molecule has 0 saturated carbocycles. The van der Waals surface area contributed by atoms with Crippen LogP contribution in [0.1, 0.15) is 47.6 Å². The normalized spacial score (nSPS) is 20.5. The summed E-state index contributed by atoms with van der Waals surface area (Å²) < 4.78 is 16.9. The van der Waals surface area contributed by atoms with Crippen LogP contribution in [0.5, 0.6) is 11.5 Å². The number of carbonyl (C=O) groups is 2. The summed E-state index contributed by atoms with van der Waals surface area (Å²) in [7, 11) is 0. The van der Waals surface area contributed by atoms with Gasteiger partial charge in [-0.3, -0.25) is 4.79 Å². The molecule has 0 saturated heterocycles. The highest BCUT2D eigenvalue weighted by molar-refractivity contribution is 7.10. The van der Waals surface area contributed by atoms with Gasteiger partial charge in [-0.15, -0.1) is 11.3 Å². The minimum atomic E-state index is -0.535. The molecule has 6 rings (SSSR count). The second-order valence-corrected chi connectivity index (χ2v) is 10.5. The van der Waals surface area contributed by atoms with E-state index >= 15 is 0 Å². The van der Waals surface area contributed by atoms with Gasteiger partial charge in [0, 0.05) is 46.5 Å². The smallest absolute Gasteiger partial charge is 0.336 e. The molecule has 0 amide bonds. The van der Waals surface area contributed by atoms with Crippen LogP contribution in [0.2, 0.25) is 0 Å². The number of ether oxygens (including phenoxy) is 3. The molecule has 3 aliphatic rings. The van der Waals surface area contributed by atoms with Gasteiger partial charge in [0.2, 0.25) is 6.79 Å². The number of esters is 1. The van der Waals surface area contributed by atoms with Gasteiger partial charge in [0.15, 0.2) is 17.3 Å². The van der Waals surface area contributed by atoms with Crippen molar-refractivity contribution < 1.29 is 23.8 Å². The Morgan fingerprint density at radius 3 is 2.70 bits per heavy atom. The van der Waals surface area contributed by atoms with Gasteiger partial charge in [-0.05, 0) is 48.1 Å². The predicted molar refractivity (Wildman–Crippen MR) is 141 cm³/mol. The van der Waals surface area contributed by atoms with Crippen molar-refractivity contribution in [3.8, 4) is 11.5 Å². The molecule has 0 spiro atoms. The van der Waals surface area contributed by atoms with E-state index in [9.17, 15) is 9.59 Å². The van der Waals surface area contributed by atoms with E-state index in [1.165, 1.54) is 4.88 Å². The molecule has 0 bridgehead atoms. The number of allylic oxidation sites excluding steroid dienone is 3. The Balaban J connectivity index is 1.34. The van der Waals surface area contributed by atoms with Gasteiger partial charge in [-0.25, -0.2) is 4.79 Å². The van der Waals surface area contributed by atoms with Gasteiger partial charge < -0.3 is 19.5 Å². The zero-order chi connectivity index (χ0) is 25.4. The van der Waals surface area contributed by atoms with E-state index in [4.69, 9.17) is 14.2 Å². The van der Waals surface area contributed by atoms with Crippen molar-refractivity contribution in [2.24, 2.45) is 0 Å². The summed E-state index contributed by atoms with van der Waals surface area (Å²) in [6, 6.07) is 19.7. The maximum atomic E-state index is 13.7. The molecule has 188 valence electrons. The van der Waals surface area contributed by atoms with Crippen LogP contribution in [-0.2, 0) is 20.7 Å². The maximum absolute atomic E-state index is 13.7. The van der Waals surface area contributed by atoms with Crippen molar-refractivity contribution in [1.29, 1.82) is 0 Å². The SMILES string of the molecule is CC1=C(C(=O)OCCc2ccccc2)[C@@H](c2ccc3c(c2)OCO3)C2=C(C[C@@H](c3cccs3)CC2=O)N1. The molecule has 2 atom stereocenters. The van der Waals surface area contributed by atoms with Crippen molar-refractivity contribution in [2.45, 2.75) is 38.0 Å². The van der Waals surface area contributed by atoms with Gasteiger partial charge in [0.05, 0.1) is 12.2 Å². The average molecular weight is 514 g/mol. The summed E-state index contributed by atoms with van der Waals surface area (Å²) >= 11 is 1.68. The fraction of sp³-hybridized carbons (Fsp3) is 0.267. The summed E-state index contributed by atoms with van der Waals surface area (Å²) in [5, 5.41) is 5.46. The zero-order valence-corrected chi connectivity index (χ0v) is 21.3. The lowest BCUT2D eigenvalue weighted by molar-refractivity contribution is -0.139. The summed E-state index contributed by atoms with van der Waals surface area (Å²) in [5.41, 5.74) is 4.62. The van der Waals surface area contributed by atoms with Crippen molar-refractivity contribution >= 4 is 23.1 Å². The standard InChI is InChI=1S/C30H27NO5S/c1-18-27(30(33)34-12-11-19-6-3-2-4-7-19)28(20-9-10-24-25(16-20)36-17-35-24)29-22(31-18)14-21(15-23(29)32)26-8-5-13-37-26/h2-10,13,16,21,28,31H,11-12,14-15,17H2,1H3/t21-,28-/m1/s1. The van der Waals surface area contributed by atoms with Crippen molar-refractivity contribution in [3.63, 3.8) is 0 Å². The first-order chi connectivity index (χ1) is 18.1. The highest BCUT2D eigenvalue weighted by Gasteiger charge is 2.42. The third-order valence-electron chi connectivity index (χ3n) is 7.19. The van der Waals surface area contributed by atoms with E-state index in [1.807, 2.05) is 66.9 Å². The number of dihydropyridines is 1. The second-order valence-electron chi connectivity index (χ2n) is 9.52. The van der Waals surface area contributed by atoms with E-state index in [0.717, 1.165) is 23.2 Å². The summed E-state index contributed by atoms with van der Waals surface area (Å²) in [6.45, 7) is 2.30. The monoisotopic (exact) mass is 513 g/mol. The van der Waals surface area contributed by atoms with Crippen LogP contribution in [0.4, 0.5) is 0 Å². The fourth-order valence-corrected chi connectivity index (χ4v) is 6.27. The van der Waals surface area contributed by atoms with E-state index in [-0.39, 0.29) is 25.1 Å². The Morgan fingerprint density at radius 1 is 1.05 bits per heavy atom. The highest BCUT2D eigenvalue weighted by Crippen LogP contribution is 2.47. The van der Waals surface area contributed by atoms with Gasteiger partial charge in [-0.1, -0.05) is 42.5 Å². The van der Waals surface area contributed by atoms with Crippen LogP contribution in [0.3, 0.4) is 0 Å². The van der Waals surface area contributed by atoms with E-state index in [1.54, 1.807) is 11.3 Å². The fourth-order valence-electron chi connectivity index (χ4n) is 5.44. The molecule has 1 aromatic heterocycles. The van der Waals surface area contributed by atoms with Gasteiger partial charge in [0.1, 0.15) is 0 Å². The van der Waals surface area contributed by atoms with Gasteiger partial charge in [-0.2, -0.15) is 0 Å². The lowest BCUT2D eigenvalue weighted by Crippen LogP contribution is -2.36. The number of thiophene rings is 1. The molecule has 2 aromatic carbocycles. The molecule has 1 N–H and O–H groups in total. The first-order valence-electron chi connectivity index (χ1n) is 12.5. The number of nitrogens with one attached hydrogen (secondary N) is 1. The van der Waals surface area contributed by atoms with Crippen LogP contribution in [0, 0.1) is 0 Å². The Hall–Kier alpha value is -3.84. The molecular weight excluding hydrogens is 486 g/mol. The summed E-state index contributed by atoms with van der Waals surface area (Å²) in [4.78, 5) is 28.4. The van der Waals surface area contributed by atoms with Crippen LogP contribution in [0.25, 0.3) is 0 Å². The molecule has 1 aliphatic carbocycles. The first kappa shape index (κ1) is 23.6. The largest absolute Gasteiger partial charge is 0.462 e. The van der Waals surface area contributed by atoms with Gasteiger partial charge in [0.25, 0.3) is 0 Å².